The van der Waals surface area contributed by atoms with Crippen molar-refractivity contribution in [3.05, 3.63) is 29.5 Å². The van der Waals surface area contributed by atoms with Gasteiger partial charge >= 0.3 is 5.97 Å². The first-order valence-corrected chi connectivity index (χ1v) is 7.53. The lowest BCUT2D eigenvalue weighted by Gasteiger charge is -2.32. The van der Waals surface area contributed by atoms with Gasteiger partial charge in [-0.2, -0.15) is 0 Å². The fourth-order valence-corrected chi connectivity index (χ4v) is 3.20. The van der Waals surface area contributed by atoms with Crippen LogP contribution in [0.15, 0.2) is 18.2 Å². The molecule has 0 amide bonds. The van der Waals surface area contributed by atoms with E-state index in [9.17, 15) is 4.79 Å². The molecule has 0 spiro atoms. The highest BCUT2D eigenvalue weighted by atomic mass is 16.5. The van der Waals surface area contributed by atoms with Crippen LogP contribution in [0.3, 0.4) is 0 Å². The first kappa shape index (κ1) is 14.9. The van der Waals surface area contributed by atoms with Crippen molar-refractivity contribution in [1.29, 1.82) is 0 Å². The second-order valence-corrected chi connectivity index (χ2v) is 6.32. The van der Waals surface area contributed by atoms with E-state index in [1.54, 1.807) is 7.11 Å². The Morgan fingerprint density at radius 2 is 2.14 bits per heavy atom. The number of H-pyrrole nitrogens is 1. The molecule has 0 radical (unpaired) electrons. The Hall–Kier alpha value is -2.01. The molecule has 2 aromatic rings. The van der Waals surface area contributed by atoms with E-state index in [0.29, 0.717) is 0 Å². The smallest absolute Gasteiger partial charge is 0.303 e. The van der Waals surface area contributed by atoms with E-state index in [1.165, 1.54) is 12.5 Å². The zero-order valence-electron chi connectivity index (χ0n) is 13.4. The third-order valence-electron chi connectivity index (χ3n) is 4.30. The number of hydrogen-bond donors (Lipinski definition) is 2. The maximum absolute atomic E-state index is 11.6. The fraction of sp³-hybridized carbons (Fsp3) is 0.471. The number of fused-ring (bicyclic) bond motifs is 3. The van der Waals surface area contributed by atoms with Gasteiger partial charge in [-0.1, -0.05) is 0 Å². The molecule has 0 saturated heterocycles. The first-order valence-electron chi connectivity index (χ1n) is 7.53. The van der Waals surface area contributed by atoms with E-state index in [-0.39, 0.29) is 17.6 Å². The Labute approximate surface area is 130 Å². The van der Waals surface area contributed by atoms with Crippen molar-refractivity contribution in [1.82, 2.24) is 10.3 Å². The number of rotatable bonds is 2. The lowest BCUT2D eigenvalue weighted by atomic mass is 9.93. The molecule has 5 heteroatoms. The second-order valence-electron chi connectivity index (χ2n) is 6.32. The number of aromatic amines is 1. The number of ether oxygens (including phenoxy) is 2. The van der Waals surface area contributed by atoms with Gasteiger partial charge in [0.15, 0.2) is 6.10 Å². The first-order chi connectivity index (χ1) is 10.4. The van der Waals surface area contributed by atoms with Crippen LogP contribution in [0.1, 0.15) is 38.1 Å². The normalized spacial score (nSPS) is 20.3. The third-order valence-corrected chi connectivity index (χ3v) is 4.30. The van der Waals surface area contributed by atoms with E-state index >= 15 is 0 Å². The van der Waals surface area contributed by atoms with Crippen LogP contribution in [0.5, 0.6) is 5.75 Å². The molecule has 0 saturated carbocycles. The highest BCUT2D eigenvalue weighted by Crippen LogP contribution is 2.38. The quantitative estimate of drug-likeness (QED) is 0.837. The van der Waals surface area contributed by atoms with Gasteiger partial charge < -0.3 is 19.8 Å². The predicted molar refractivity (Wildman–Crippen MR) is 85.1 cm³/mol. The van der Waals surface area contributed by atoms with Crippen molar-refractivity contribution in [2.45, 2.75) is 38.8 Å². The van der Waals surface area contributed by atoms with Crippen LogP contribution >= 0.6 is 0 Å². The molecule has 2 N–H and O–H groups in total. The van der Waals surface area contributed by atoms with Gasteiger partial charge in [-0.15, -0.1) is 0 Å². The average molecular weight is 302 g/mol. The summed E-state index contributed by atoms with van der Waals surface area (Å²) in [6.07, 6.45) is 0.532. The Morgan fingerprint density at radius 3 is 2.82 bits per heavy atom. The second kappa shape index (κ2) is 5.32. The van der Waals surface area contributed by atoms with E-state index in [1.807, 2.05) is 18.2 Å². The molecule has 0 bridgehead atoms. The van der Waals surface area contributed by atoms with E-state index < -0.39 is 0 Å². The Kier molecular flexibility index (Phi) is 3.60. The molecule has 1 aliphatic heterocycles. The molecule has 1 aromatic heterocycles. The average Bonchev–Trinajstić information content (AvgIpc) is 2.76. The van der Waals surface area contributed by atoms with Gasteiger partial charge in [-0.05, 0) is 50.6 Å². The molecule has 1 unspecified atom stereocenters. The number of methoxy groups -OCH3 is 1. The fourth-order valence-electron chi connectivity index (χ4n) is 3.20. The van der Waals surface area contributed by atoms with Gasteiger partial charge in [0.05, 0.1) is 18.3 Å². The lowest BCUT2D eigenvalue weighted by molar-refractivity contribution is -0.150. The van der Waals surface area contributed by atoms with Crippen molar-refractivity contribution in [3.63, 3.8) is 0 Å². The van der Waals surface area contributed by atoms with Gasteiger partial charge in [0.1, 0.15) is 5.75 Å². The van der Waals surface area contributed by atoms with E-state index in [4.69, 9.17) is 9.47 Å². The van der Waals surface area contributed by atoms with E-state index in [0.717, 1.165) is 35.3 Å². The minimum Gasteiger partial charge on any atom is -0.497 e. The molecule has 5 nitrogen and oxygen atoms in total. The standard InChI is InChI=1S/C17H22N2O3/c1-10(20)22-16-15-12(7-8-18-17(16,2)3)13-9-11(21-4)5-6-14(13)19-15/h5-6,9,16,18-19H,7-8H2,1-4H3. The van der Waals surface area contributed by atoms with Crippen LogP contribution in [0.4, 0.5) is 0 Å². The molecule has 22 heavy (non-hydrogen) atoms. The summed E-state index contributed by atoms with van der Waals surface area (Å²) in [4.78, 5) is 15.0. The number of benzene rings is 1. The lowest BCUT2D eigenvalue weighted by Crippen LogP contribution is -2.45. The van der Waals surface area contributed by atoms with Crippen LogP contribution in [0.2, 0.25) is 0 Å². The molecule has 0 fully saturated rings. The number of esters is 1. The number of hydrogen-bond acceptors (Lipinski definition) is 4. The maximum Gasteiger partial charge on any atom is 0.303 e. The summed E-state index contributed by atoms with van der Waals surface area (Å²) >= 11 is 0. The van der Waals surface area contributed by atoms with Crippen LogP contribution in [0, 0.1) is 0 Å². The summed E-state index contributed by atoms with van der Waals surface area (Å²) in [6, 6.07) is 5.98. The number of carbonyl (C=O) groups is 1. The van der Waals surface area contributed by atoms with Gasteiger partial charge in [0.25, 0.3) is 0 Å². The van der Waals surface area contributed by atoms with Gasteiger partial charge in [-0.3, -0.25) is 4.79 Å². The van der Waals surface area contributed by atoms with Crippen molar-refractivity contribution in [2.75, 3.05) is 13.7 Å². The minimum atomic E-state index is -0.346. The Bertz CT molecular complexity index is 718. The number of nitrogens with one attached hydrogen (secondary N) is 2. The summed E-state index contributed by atoms with van der Waals surface area (Å²) in [6.45, 7) is 6.40. The highest BCUT2D eigenvalue weighted by molar-refractivity contribution is 5.86. The summed E-state index contributed by atoms with van der Waals surface area (Å²) in [7, 11) is 1.67. The summed E-state index contributed by atoms with van der Waals surface area (Å²) in [5.74, 6) is 0.554. The predicted octanol–water partition coefficient (Wildman–Crippen LogP) is 2.71. The monoisotopic (exact) mass is 302 g/mol. The number of carbonyl (C=O) groups excluding carboxylic acids is 1. The summed E-state index contributed by atoms with van der Waals surface area (Å²) in [5, 5.41) is 4.60. The zero-order chi connectivity index (χ0) is 15.9. The van der Waals surface area contributed by atoms with Gasteiger partial charge in [0.2, 0.25) is 0 Å². The maximum atomic E-state index is 11.6. The molecular weight excluding hydrogens is 280 g/mol. The molecule has 2 heterocycles. The Morgan fingerprint density at radius 1 is 1.36 bits per heavy atom. The topological polar surface area (TPSA) is 63.4 Å². The van der Waals surface area contributed by atoms with Crippen molar-refractivity contribution >= 4 is 16.9 Å². The van der Waals surface area contributed by atoms with Gasteiger partial charge in [-0.25, -0.2) is 0 Å². The SMILES string of the molecule is COc1ccc2[nH]c3c(c2c1)CCNC(C)(C)C3OC(C)=O. The molecule has 118 valence electrons. The molecule has 1 aromatic carbocycles. The molecule has 3 rings (SSSR count). The number of aromatic nitrogens is 1. The van der Waals surface area contributed by atoms with Crippen molar-refractivity contribution in [3.8, 4) is 5.75 Å². The Balaban J connectivity index is 2.18. The zero-order valence-corrected chi connectivity index (χ0v) is 13.4. The van der Waals surface area contributed by atoms with Crippen LogP contribution < -0.4 is 10.1 Å². The van der Waals surface area contributed by atoms with Crippen LogP contribution in [0.25, 0.3) is 10.9 Å². The molecule has 0 aliphatic carbocycles. The highest BCUT2D eigenvalue weighted by Gasteiger charge is 2.38. The summed E-state index contributed by atoms with van der Waals surface area (Å²) < 4.78 is 11.0. The third kappa shape index (κ3) is 2.46. The minimum absolute atomic E-state index is 0.274. The molecular formula is C17H22N2O3. The van der Waals surface area contributed by atoms with Gasteiger partial charge in [0, 0.05) is 17.8 Å². The van der Waals surface area contributed by atoms with Crippen molar-refractivity contribution in [2.24, 2.45) is 0 Å². The van der Waals surface area contributed by atoms with Crippen LogP contribution in [-0.2, 0) is 16.0 Å². The largest absolute Gasteiger partial charge is 0.497 e. The van der Waals surface area contributed by atoms with Crippen molar-refractivity contribution < 1.29 is 14.3 Å². The van der Waals surface area contributed by atoms with Crippen LogP contribution in [-0.4, -0.2) is 30.1 Å². The van der Waals surface area contributed by atoms with E-state index in [2.05, 4.69) is 24.1 Å². The molecule has 1 aliphatic rings. The molecule has 1 atom stereocenters. The summed E-state index contributed by atoms with van der Waals surface area (Å²) in [5.41, 5.74) is 2.88.